The van der Waals surface area contributed by atoms with E-state index in [0.29, 0.717) is 11.8 Å². The Morgan fingerprint density at radius 3 is 2.20 bits per heavy atom. The summed E-state index contributed by atoms with van der Waals surface area (Å²) in [5.74, 6) is 1.11. The topological polar surface area (TPSA) is 35.2 Å². The van der Waals surface area contributed by atoms with Crippen molar-refractivity contribution in [2.24, 2.45) is 11.7 Å². The quantitative estimate of drug-likeness (QED) is 0.899. The molecule has 20 heavy (non-hydrogen) atoms. The van der Waals surface area contributed by atoms with Gasteiger partial charge in [-0.3, -0.25) is 0 Å². The van der Waals surface area contributed by atoms with Crippen LogP contribution >= 0.6 is 0 Å². The molecule has 0 amide bonds. The Kier molecular flexibility index (Phi) is 3.86. The monoisotopic (exact) mass is 267 g/mol. The first-order valence-corrected chi connectivity index (χ1v) is 7.19. The molecule has 0 spiro atoms. The Bertz CT molecular complexity index is 540. The highest BCUT2D eigenvalue weighted by Gasteiger charge is 2.45. The first-order chi connectivity index (χ1) is 9.81. The standard InChI is InChI=1S/C18H21NO/c1-20-18(14-10-6-3-7-11-14)17(19)16-12-15(16)13-8-4-2-5-9-13/h2-11,15-18H,12,19H2,1H3. The summed E-state index contributed by atoms with van der Waals surface area (Å²) in [6.45, 7) is 0. The predicted molar refractivity (Wildman–Crippen MR) is 81.5 cm³/mol. The van der Waals surface area contributed by atoms with Crippen molar-refractivity contribution in [2.75, 3.05) is 7.11 Å². The maximum absolute atomic E-state index is 6.47. The molecule has 3 rings (SSSR count). The highest BCUT2D eigenvalue weighted by Crippen LogP contribution is 2.51. The zero-order valence-corrected chi connectivity index (χ0v) is 11.8. The van der Waals surface area contributed by atoms with E-state index in [-0.39, 0.29) is 12.1 Å². The third-order valence-electron chi connectivity index (χ3n) is 4.29. The molecule has 1 aliphatic rings. The zero-order chi connectivity index (χ0) is 13.9. The summed E-state index contributed by atoms with van der Waals surface area (Å²) in [6, 6.07) is 21.0. The number of nitrogens with two attached hydrogens (primary N) is 1. The van der Waals surface area contributed by atoms with E-state index >= 15 is 0 Å². The third kappa shape index (κ3) is 2.62. The number of methoxy groups -OCH3 is 1. The van der Waals surface area contributed by atoms with Crippen LogP contribution in [0.15, 0.2) is 60.7 Å². The van der Waals surface area contributed by atoms with E-state index in [9.17, 15) is 0 Å². The van der Waals surface area contributed by atoms with Crippen molar-refractivity contribution in [3.63, 3.8) is 0 Å². The summed E-state index contributed by atoms with van der Waals surface area (Å²) in [6.07, 6.45) is 1.15. The molecule has 0 bridgehead atoms. The van der Waals surface area contributed by atoms with Gasteiger partial charge in [0.2, 0.25) is 0 Å². The van der Waals surface area contributed by atoms with Crippen LogP contribution in [0.2, 0.25) is 0 Å². The fraction of sp³-hybridized carbons (Fsp3) is 0.333. The van der Waals surface area contributed by atoms with Gasteiger partial charge in [0.05, 0.1) is 6.10 Å². The minimum Gasteiger partial charge on any atom is -0.375 e. The second-order valence-corrected chi connectivity index (χ2v) is 5.56. The van der Waals surface area contributed by atoms with Gasteiger partial charge in [-0.15, -0.1) is 0 Å². The molecular formula is C18H21NO. The highest BCUT2D eigenvalue weighted by molar-refractivity contribution is 5.28. The van der Waals surface area contributed by atoms with E-state index in [1.165, 1.54) is 11.1 Å². The molecule has 2 heteroatoms. The molecule has 1 aliphatic carbocycles. The normalized spacial score (nSPS) is 24.1. The van der Waals surface area contributed by atoms with Crippen LogP contribution in [0.1, 0.15) is 29.6 Å². The minimum absolute atomic E-state index is 0.0186. The zero-order valence-electron chi connectivity index (χ0n) is 11.8. The molecule has 0 radical (unpaired) electrons. The molecule has 0 aromatic heterocycles. The van der Waals surface area contributed by atoms with Gasteiger partial charge < -0.3 is 10.5 Å². The molecule has 0 heterocycles. The van der Waals surface area contributed by atoms with Gasteiger partial charge in [-0.05, 0) is 29.4 Å². The SMILES string of the molecule is COC(c1ccccc1)C(N)C1CC1c1ccccc1. The van der Waals surface area contributed by atoms with Gasteiger partial charge >= 0.3 is 0 Å². The van der Waals surface area contributed by atoms with Gasteiger partial charge in [-0.25, -0.2) is 0 Å². The Morgan fingerprint density at radius 2 is 1.60 bits per heavy atom. The van der Waals surface area contributed by atoms with E-state index < -0.39 is 0 Å². The lowest BCUT2D eigenvalue weighted by atomic mass is 9.96. The van der Waals surface area contributed by atoms with Gasteiger partial charge in [0.25, 0.3) is 0 Å². The van der Waals surface area contributed by atoms with Crippen LogP contribution in [0.4, 0.5) is 0 Å². The van der Waals surface area contributed by atoms with Crippen LogP contribution in [0.3, 0.4) is 0 Å². The third-order valence-corrected chi connectivity index (χ3v) is 4.29. The largest absolute Gasteiger partial charge is 0.375 e. The summed E-state index contributed by atoms with van der Waals surface area (Å²) in [5.41, 5.74) is 9.04. The van der Waals surface area contributed by atoms with E-state index in [1.54, 1.807) is 7.11 Å². The van der Waals surface area contributed by atoms with Crippen LogP contribution < -0.4 is 5.73 Å². The van der Waals surface area contributed by atoms with Crippen molar-refractivity contribution >= 4 is 0 Å². The second-order valence-electron chi connectivity index (χ2n) is 5.56. The average Bonchev–Trinajstić information content (AvgIpc) is 3.30. The Morgan fingerprint density at radius 1 is 1.00 bits per heavy atom. The Balaban J connectivity index is 1.72. The van der Waals surface area contributed by atoms with E-state index in [4.69, 9.17) is 10.5 Å². The summed E-state index contributed by atoms with van der Waals surface area (Å²) < 4.78 is 5.66. The number of benzene rings is 2. The van der Waals surface area contributed by atoms with E-state index in [1.807, 2.05) is 18.2 Å². The second kappa shape index (κ2) is 5.78. The molecule has 1 saturated carbocycles. The summed E-state index contributed by atoms with van der Waals surface area (Å²) in [7, 11) is 1.75. The number of ether oxygens (including phenoxy) is 1. The molecule has 2 N–H and O–H groups in total. The maximum Gasteiger partial charge on any atom is 0.0974 e. The summed E-state index contributed by atoms with van der Waals surface area (Å²) >= 11 is 0. The number of hydrogen-bond acceptors (Lipinski definition) is 2. The van der Waals surface area contributed by atoms with E-state index in [0.717, 1.165) is 6.42 Å². The predicted octanol–water partition coefficient (Wildman–Crippen LogP) is 3.51. The molecule has 4 unspecified atom stereocenters. The molecule has 1 fully saturated rings. The van der Waals surface area contributed by atoms with Crippen molar-refractivity contribution in [1.29, 1.82) is 0 Å². The van der Waals surface area contributed by atoms with Crippen LogP contribution in [0.5, 0.6) is 0 Å². The summed E-state index contributed by atoms with van der Waals surface area (Å²) in [5, 5.41) is 0. The van der Waals surface area contributed by atoms with E-state index in [2.05, 4.69) is 42.5 Å². The molecule has 104 valence electrons. The number of rotatable bonds is 5. The fourth-order valence-electron chi connectivity index (χ4n) is 3.11. The van der Waals surface area contributed by atoms with Crippen molar-refractivity contribution in [2.45, 2.75) is 24.5 Å². The smallest absolute Gasteiger partial charge is 0.0974 e. The molecule has 2 aromatic carbocycles. The number of hydrogen-bond donors (Lipinski definition) is 1. The molecule has 0 saturated heterocycles. The van der Waals surface area contributed by atoms with Crippen molar-refractivity contribution in [1.82, 2.24) is 0 Å². The van der Waals surface area contributed by atoms with Crippen molar-refractivity contribution in [3.8, 4) is 0 Å². The first-order valence-electron chi connectivity index (χ1n) is 7.19. The minimum atomic E-state index is -0.0186. The lowest BCUT2D eigenvalue weighted by molar-refractivity contribution is 0.0731. The van der Waals surface area contributed by atoms with Gasteiger partial charge in [0.15, 0.2) is 0 Å². The Hall–Kier alpha value is -1.64. The molecule has 0 aliphatic heterocycles. The van der Waals surface area contributed by atoms with Gasteiger partial charge in [0, 0.05) is 13.2 Å². The Labute approximate surface area is 120 Å². The lowest BCUT2D eigenvalue weighted by Crippen LogP contribution is -2.32. The van der Waals surface area contributed by atoms with Crippen LogP contribution in [-0.4, -0.2) is 13.2 Å². The molecule has 2 nitrogen and oxygen atoms in total. The van der Waals surface area contributed by atoms with Crippen LogP contribution in [0.25, 0.3) is 0 Å². The van der Waals surface area contributed by atoms with Crippen LogP contribution in [-0.2, 0) is 4.74 Å². The van der Waals surface area contributed by atoms with Crippen LogP contribution in [0, 0.1) is 5.92 Å². The lowest BCUT2D eigenvalue weighted by Gasteiger charge is -2.23. The van der Waals surface area contributed by atoms with Crippen molar-refractivity contribution in [3.05, 3.63) is 71.8 Å². The van der Waals surface area contributed by atoms with Gasteiger partial charge in [-0.1, -0.05) is 60.7 Å². The molecule has 4 atom stereocenters. The average molecular weight is 267 g/mol. The fourth-order valence-corrected chi connectivity index (χ4v) is 3.11. The highest BCUT2D eigenvalue weighted by atomic mass is 16.5. The first kappa shape index (κ1) is 13.3. The molecular weight excluding hydrogens is 246 g/mol. The summed E-state index contributed by atoms with van der Waals surface area (Å²) in [4.78, 5) is 0. The maximum atomic E-state index is 6.47. The van der Waals surface area contributed by atoms with Gasteiger partial charge in [-0.2, -0.15) is 0 Å². The van der Waals surface area contributed by atoms with Gasteiger partial charge in [0.1, 0.15) is 0 Å². The van der Waals surface area contributed by atoms with Crippen molar-refractivity contribution < 1.29 is 4.74 Å². The molecule has 2 aromatic rings.